The first-order chi connectivity index (χ1) is 11.7. The summed E-state index contributed by atoms with van der Waals surface area (Å²) in [5, 5.41) is 13.6. The van der Waals surface area contributed by atoms with Gasteiger partial charge in [-0.25, -0.2) is 0 Å². The van der Waals surface area contributed by atoms with Crippen LogP contribution in [0.4, 0.5) is 0 Å². The zero-order chi connectivity index (χ0) is 20.0. The van der Waals surface area contributed by atoms with Crippen molar-refractivity contribution in [3.05, 3.63) is 0 Å². The topological polar surface area (TPSA) is 49.7 Å². The van der Waals surface area contributed by atoms with Crippen molar-refractivity contribution in [1.29, 1.82) is 0 Å². The van der Waals surface area contributed by atoms with Gasteiger partial charge in [-0.2, -0.15) is 20.3 Å². The Morgan fingerprint density at radius 2 is 0.808 bits per heavy atom. The molecule has 2 saturated heterocycles. The monoisotopic (exact) mass is 366 g/mol. The molecule has 6 nitrogen and oxygen atoms in total. The molecule has 0 unspecified atom stereocenters. The van der Waals surface area contributed by atoms with Gasteiger partial charge in [0.15, 0.2) is 0 Å². The van der Waals surface area contributed by atoms with Gasteiger partial charge in [-0.3, -0.25) is 0 Å². The fourth-order valence-corrected chi connectivity index (χ4v) is 5.32. The molecule has 2 aliphatic heterocycles. The van der Waals surface area contributed by atoms with Crippen LogP contribution in [0, 0.1) is 0 Å². The molecule has 0 aromatic rings. The predicted molar refractivity (Wildman–Crippen MR) is 107 cm³/mol. The molecule has 150 valence electrons. The Bertz CT molecular complexity index is 499. The molecular weight excluding hydrogens is 328 g/mol. The molecule has 2 fully saturated rings. The lowest BCUT2D eigenvalue weighted by atomic mass is 9.80. The van der Waals surface area contributed by atoms with Crippen molar-refractivity contribution in [3.63, 3.8) is 0 Å². The molecule has 0 amide bonds. The molecule has 2 aliphatic rings. The Morgan fingerprint density at radius 1 is 0.577 bits per heavy atom. The quantitative estimate of drug-likeness (QED) is 0.702. The van der Waals surface area contributed by atoms with E-state index in [2.05, 4.69) is 65.5 Å². The van der Waals surface area contributed by atoms with E-state index in [1.807, 2.05) is 0 Å². The van der Waals surface area contributed by atoms with Crippen LogP contribution in [0.1, 0.15) is 81.1 Å². The molecule has 0 radical (unpaired) electrons. The van der Waals surface area contributed by atoms with Gasteiger partial charge in [0.25, 0.3) is 0 Å². The van der Waals surface area contributed by atoms with Gasteiger partial charge < -0.3 is 9.68 Å². The standard InChI is InChI=1S/C20H38N4O2/c1-17(2)11-15(12-18(3,4)23(17)25-9)21-22-16-13-19(5,6)24(26-10)20(7,8)14-16/h11-14H2,1-10H3. The molecule has 0 aliphatic carbocycles. The number of hydroxylamine groups is 4. The molecule has 0 bridgehead atoms. The first-order valence-electron chi connectivity index (χ1n) is 9.55. The molecule has 0 spiro atoms. The van der Waals surface area contributed by atoms with Crippen molar-refractivity contribution in [2.24, 2.45) is 10.2 Å². The van der Waals surface area contributed by atoms with Crippen LogP contribution in [-0.4, -0.2) is 57.9 Å². The van der Waals surface area contributed by atoms with Crippen molar-refractivity contribution >= 4 is 11.4 Å². The minimum Gasteiger partial charge on any atom is -0.301 e. The highest BCUT2D eigenvalue weighted by Gasteiger charge is 2.46. The third-order valence-electron chi connectivity index (χ3n) is 5.44. The Labute approximate surface area is 159 Å². The summed E-state index contributed by atoms with van der Waals surface area (Å²) in [7, 11) is 3.50. The summed E-state index contributed by atoms with van der Waals surface area (Å²) < 4.78 is 0. The first-order valence-corrected chi connectivity index (χ1v) is 9.55. The fraction of sp³-hybridized carbons (Fsp3) is 0.900. The maximum Gasteiger partial charge on any atom is 0.0575 e. The van der Waals surface area contributed by atoms with E-state index in [4.69, 9.17) is 19.9 Å². The van der Waals surface area contributed by atoms with Crippen LogP contribution in [0.15, 0.2) is 10.2 Å². The number of piperidine rings is 2. The molecule has 0 saturated carbocycles. The van der Waals surface area contributed by atoms with Crippen LogP contribution < -0.4 is 0 Å². The predicted octanol–water partition coefficient (Wildman–Crippen LogP) is 4.21. The highest BCUT2D eigenvalue weighted by molar-refractivity contribution is 5.90. The lowest BCUT2D eigenvalue weighted by molar-refractivity contribution is -0.250. The smallest absolute Gasteiger partial charge is 0.0575 e. The van der Waals surface area contributed by atoms with Crippen molar-refractivity contribution < 1.29 is 9.68 Å². The highest BCUT2D eigenvalue weighted by Crippen LogP contribution is 2.38. The molecule has 2 heterocycles. The minimum atomic E-state index is -0.104. The normalized spacial score (nSPS) is 28.1. The second-order valence-corrected chi connectivity index (χ2v) is 10.2. The van der Waals surface area contributed by atoms with Gasteiger partial charge in [0.2, 0.25) is 0 Å². The van der Waals surface area contributed by atoms with Crippen LogP contribution in [0.5, 0.6) is 0 Å². The Balaban J connectivity index is 2.26. The van der Waals surface area contributed by atoms with Gasteiger partial charge in [0.1, 0.15) is 0 Å². The zero-order valence-electron chi connectivity index (χ0n) is 18.4. The van der Waals surface area contributed by atoms with Gasteiger partial charge in [0.05, 0.1) is 14.2 Å². The summed E-state index contributed by atoms with van der Waals surface area (Å²) in [6.07, 6.45) is 3.44. The number of hydrogen-bond donors (Lipinski definition) is 0. The van der Waals surface area contributed by atoms with Crippen LogP contribution in [0.2, 0.25) is 0 Å². The second kappa shape index (κ2) is 6.97. The largest absolute Gasteiger partial charge is 0.301 e. The van der Waals surface area contributed by atoms with E-state index in [0.29, 0.717) is 0 Å². The van der Waals surface area contributed by atoms with Crippen molar-refractivity contribution in [2.75, 3.05) is 14.2 Å². The summed E-state index contributed by atoms with van der Waals surface area (Å²) in [4.78, 5) is 11.3. The van der Waals surface area contributed by atoms with Crippen molar-refractivity contribution in [3.8, 4) is 0 Å². The average molecular weight is 367 g/mol. The van der Waals surface area contributed by atoms with E-state index in [-0.39, 0.29) is 22.2 Å². The highest BCUT2D eigenvalue weighted by atomic mass is 16.7. The average Bonchev–Trinajstić information content (AvgIpc) is 2.40. The number of hydrogen-bond acceptors (Lipinski definition) is 6. The Kier molecular flexibility index (Phi) is 5.76. The lowest BCUT2D eigenvalue weighted by Gasteiger charge is -2.51. The summed E-state index contributed by atoms with van der Waals surface area (Å²) in [6, 6.07) is 0. The van der Waals surface area contributed by atoms with Crippen molar-refractivity contribution in [2.45, 2.75) is 103 Å². The van der Waals surface area contributed by atoms with Crippen LogP contribution in [0.25, 0.3) is 0 Å². The van der Waals surface area contributed by atoms with Gasteiger partial charge in [-0.15, -0.1) is 0 Å². The van der Waals surface area contributed by atoms with E-state index < -0.39 is 0 Å². The Hall–Kier alpha value is -0.820. The lowest BCUT2D eigenvalue weighted by Crippen LogP contribution is -2.60. The summed E-state index contributed by atoms with van der Waals surface area (Å²) in [5.74, 6) is 0. The molecule has 26 heavy (non-hydrogen) atoms. The number of rotatable bonds is 3. The van der Waals surface area contributed by atoms with E-state index in [1.54, 1.807) is 14.2 Å². The van der Waals surface area contributed by atoms with Crippen molar-refractivity contribution in [1.82, 2.24) is 10.1 Å². The molecule has 0 atom stereocenters. The zero-order valence-corrected chi connectivity index (χ0v) is 18.4. The molecule has 2 rings (SSSR count). The van der Waals surface area contributed by atoms with E-state index >= 15 is 0 Å². The van der Waals surface area contributed by atoms with E-state index in [9.17, 15) is 0 Å². The minimum absolute atomic E-state index is 0.104. The summed E-state index contributed by atoms with van der Waals surface area (Å²) >= 11 is 0. The second-order valence-electron chi connectivity index (χ2n) is 10.2. The SMILES string of the molecule is CON1C(C)(C)CC(=NN=C2CC(C)(C)N(OC)C(C)(C)C2)CC1(C)C. The van der Waals surface area contributed by atoms with Crippen LogP contribution in [-0.2, 0) is 9.68 Å². The summed E-state index contributed by atoms with van der Waals surface area (Å²) in [6.45, 7) is 17.6. The van der Waals surface area contributed by atoms with Gasteiger partial charge >= 0.3 is 0 Å². The third kappa shape index (κ3) is 4.19. The van der Waals surface area contributed by atoms with Gasteiger partial charge in [-0.05, 0) is 55.4 Å². The van der Waals surface area contributed by atoms with E-state index in [1.165, 1.54) is 0 Å². The maximum absolute atomic E-state index is 5.67. The van der Waals surface area contributed by atoms with Gasteiger partial charge in [0, 0.05) is 59.3 Å². The van der Waals surface area contributed by atoms with Crippen LogP contribution in [0.3, 0.4) is 0 Å². The number of nitrogens with zero attached hydrogens (tertiary/aromatic N) is 4. The molecule has 6 heteroatoms. The molecule has 0 aromatic heterocycles. The summed E-state index contributed by atoms with van der Waals surface area (Å²) in [5.41, 5.74) is 1.87. The molecule has 0 aromatic carbocycles. The van der Waals surface area contributed by atoms with Crippen LogP contribution >= 0.6 is 0 Å². The van der Waals surface area contributed by atoms with E-state index in [0.717, 1.165) is 37.1 Å². The molecule has 0 N–H and O–H groups in total. The first kappa shape index (κ1) is 21.5. The third-order valence-corrected chi connectivity index (χ3v) is 5.44. The van der Waals surface area contributed by atoms with Gasteiger partial charge in [-0.1, -0.05) is 0 Å². The fourth-order valence-electron chi connectivity index (χ4n) is 5.32. The molecular formula is C20H38N4O2. The Morgan fingerprint density at radius 3 is 1.00 bits per heavy atom. The maximum atomic E-state index is 5.67.